The molecule has 13 heteroatoms. The zero-order valence-electron chi connectivity index (χ0n) is 14.7. The fourth-order valence-corrected chi connectivity index (χ4v) is 2.16. The van der Waals surface area contributed by atoms with Crippen LogP contribution in [-0.4, -0.2) is 45.3 Å². The standard InChI is InChI=1S/C14H14O9S2.2Na/c1-2-3-4-5-6-7-11-21-13-10-14(23-25(18,19)20)9-8-12-22-24(15,16)17;;/h1,14H,8-10,12-13H2,(H,15,16,17)(H,18,19,20);;/q;2*+1/p-2. The van der Waals surface area contributed by atoms with Crippen LogP contribution in [0.25, 0.3) is 0 Å². The molecule has 136 valence electrons. The van der Waals surface area contributed by atoms with Gasteiger partial charge in [-0.25, -0.2) is 16.8 Å². The van der Waals surface area contributed by atoms with Gasteiger partial charge in [-0.2, -0.15) is 0 Å². The maximum atomic E-state index is 10.6. The zero-order chi connectivity index (χ0) is 19.2. The van der Waals surface area contributed by atoms with Gasteiger partial charge in [0, 0.05) is 24.2 Å². The van der Waals surface area contributed by atoms with E-state index in [9.17, 15) is 25.9 Å². The van der Waals surface area contributed by atoms with E-state index < -0.39 is 33.5 Å². The predicted molar refractivity (Wildman–Crippen MR) is 82.2 cm³/mol. The fraction of sp³-hybridized carbons (Fsp3) is 0.429. The van der Waals surface area contributed by atoms with Gasteiger partial charge < -0.3 is 13.8 Å². The molecule has 0 heterocycles. The Morgan fingerprint density at radius 3 is 2.00 bits per heavy atom. The number of hydrogen-bond donors (Lipinski definition) is 0. The number of ether oxygens (including phenoxy) is 1. The number of hydrogen-bond acceptors (Lipinski definition) is 9. The van der Waals surface area contributed by atoms with Gasteiger partial charge in [0.25, 0.3) is 0 Å². The van der Waals surface area contributed by atoms with Crippen molar-refractivity contribution >= 4 is 20.8 Å². The molecular formula is C14H12Na2O9S2. The van der Waals surface area contributed by atoms with Crippen molar-refractivity contribution in [3.05, 3.63) is 0 Å². The van der Waals surface area contributed by atoms with Crippen LogP contribution >= 0.6 is 0 Å². The van der Waals surface area contributed by atoms with Crippen molar-refractivity contribution < 1.29 is 98.2 Å². The monoisotopic (exact) mass is 434 g/mol. The van der Waals surface area contributed by atoms with Gasteiger partial charge in [0.1, 0.15) is 12.7 Å². The third-order valence-corrected chi connectivity index (χ3v) is 3.10. The van der Waals surface area contributed by atoms with Gasteiger partial charge in [-0.15, -0.1) is 6.42 Å². The largest absolute Gasteiger partial charge is 1.00 e. The van der Waals surface area contributed by atoms with E-state index in [1.165, 1.54) is 0 Å². The van der Waals surface area contributed by atoms with Crippen molar-refractivity contribution in [2.45, 2.75) is 25.4 Å². The molecule has 0 saturated carbocycles. The molecule has 0 amide bonds. The molecule has 0 aliphatic carbocycles. The summed E-state index contributed by atoms with van der Waals surface area (Å²) in [7, 11) is -9.81. The molecule has 9 nitrogen and oxygen atoms in total. The molecule has 0 saturated heterocycles. The maximum absolute atomic E-state index is 10.6. The van der Waals surface area contributed by atoms with Crippen LogP contribution in [0.3, 0.4) is 0 Å². The second kappa shape index (κ2) is 17.8. The SMILES string of the molecule is C#CC#CC#CC#COCCC(CCCOS(=O)(=O)[O-])OS(=O)(=O)[O-].[Na+].[Na+]. The molecule has 1 atom stereocenters. The molecule has 0 fully saturated rings. The summed E-state index contributed by atoms with van der Waals surface area (Å²) in [4.78, 5) is 0. The Labute approximate surface area is 203 Å². The van der Waals surface area contributed by atoms with Gasteiger partial charge in [0.05, 0.1) is 12.7 Å². The molecule has 0 aromatic heterocycles. The Morgan fingerprint density at radius 1 is 0.852 bits per heavy atom. The summed E-state index contributed by atoms with van der Waals surface area (Å²) in [5, 5.41) is 0. The normalized spacial score (nSPS) is 10.6. The topological polar surface area (TPSA) is 142 Å². The van der Waals surface area contributed by atoms with Crippen molar-refractivity contribution in [1.82, 2.24) is 0 Å². The van der Waals surface area contributed by atoms with Crippen LogP contribution in [0.4, 0.5) is 0 Å². The zero-order valence-corrected chi connectivity index (χ0v) is 20.3. The average molecular weight is 434 g/mol. The van der Waals surface area contributed by atoms with E-state index in [-0.39, 0.29) is 85.0 Å². The van der Waals surface area contributed by atoms with Crippen LogP contribution < -0.4 is 59.1 Å². The summed E-state index contributed by atoms with van der Waals surface area (Å²) in [6, 6.07) is 0. The molecule has 0 rings (SSSR count). The molecule has 1 unspecified atom stereocenters. The van der Waals surface area contributed by atoms with E-state index in [1.807, 2.05) is 5.92 Å². The van der Waals surface area contributed by atoms with Crippen LogP contribution in [0.2, 0.25) is 0 Å². The molecule has 0 aliphatic heterocycles. The van der Waals surface area contributed by atoms with Crippen molar-refractivity contribution in [3.8, 4) is 48.1 Å². The molecular weight excluding hydrogens is 422 g/mol. The fourth-order valence-electron chi connectivity index (χ4n) is 1.31. The minimum Gasteiger partial charge on any atom is -0.726 e. The first-order chi connectivity index (χ1) is 11.6. The number of rotatable bonds is 10. The maximum Gasteiger partial charge on any atom is 1.00 e. The van der Waals surface area contributed by atoms with Crippen LogP contribution in [0.15, 0.2) is 0 Å². The van der Waals surface area contributed by atoms with E-state index in [1.54, 1.807) is 0 Å². The van der Waals surface area contributed by atoms with Crippen LogP contribution in [0.5, 0.6) is 0 Å². The first kappa shape index (κ1) is 31.5. The molecule has 0 aromatic carbocycles. The van der Waals surface area contributed by atoms with E-state index in [4.69, 9.17) is 11.2 Å². The van der Waals surface area contributed by atoms with E-state index in [0.29, 0.717) is 0 Å². The van der Waals surface area contributed by atoms with E-state index in [2.05, 4.69) is 44.1 Å². The van der Waals surface area contributed by atoms with Gasteiger partial charge in [0.2, 0.25) is 20.8 Å². The van der Waals surface area contributed by atoms with Crippen LogP contribution in [0, 0.1) is 48.1 Å². The van der Waals surface area contributed by atoms with Gasteiger partial charge in [-0.05, 0) is 30.6 Å². The van der Waals surface area contributed by atoms with Gasteiger partial charge in [-0.1, -0.05) is 0 Å². The number of terminal acetylenes is 1. The second-order valence-corrected chi connectivity index (χ2v) is 6.07. The summed E-state index contributed by atoms with van der Waals surface area (Å²) < 4.78 is 75.7. The summed E-state index contributed by atoms with van der Waals surface area (Å²) in [6.07, 6.45) is 5.84. The van der Waals surface area contributed by atoms with Crippen molar-refractivity contribution in [2.24, 2.45) is 0 Å². The minimum absolute atomic E-state index is 0. The molecule has 0 spiro atoms. The van der Waals surface area contributed by atoms with E-state index in [0.717, 1.165) is 0 Å². The van der Waals surface area contributed by atoms with Gasteiger partial charge in [-0.3, -0.25) is 8.37 Å². The van der Waals surface area contributed by atoms with Gasteiger partial charge >= 0.3 is 59.1 Å². The first-order valence-corrected chi connectivity index (χ1v) is 9.12. The molecule has 0 aliphatic rings. The average Bonchev–Trinajstić information content (AvgIpc) is 2.47. The first-order valence-electron chi connectivity index (χ1n) is 6.46. The third kappa shape index (κ3) is 25.8. The molecule has 27 heavy (non-hydrogen) atoms. The summed E-state index contributed by atoms with van der Waals surface area (Å²) in [5.41, 5.74) is 0. The van der Waals surface area contributed by atoms with E-state index >= 15 is 0 Å². The Balaban J connectivity index is -0.00000288. The Morgan fingerprint density at radius 2 is 1.44 bits per heavy atom. The minimum atomic E-state index is -4.97. The summed E-state index contributed by atoms with van der Waals surface area (Å²) >= 11 is 0. The quantitative estimate of drug-likeness (QED) is 0.108. The third-order valence-electron chi connectivity index (χ3n) is 2.14. The van der Waals surface area contributed by atoms with Crippen molar-refractivity contribution in [2.75, 3.05) is 13.2 Å². The van der Waals surface area contributed by atoms with Crippen molar-refractivity contribution in [1.29, 1.82) is 0 Å². The Hall–Kier alpha value is -0.220. The van der Waals surface area contributed by atoms with Crippen molar-refractivity contribution in [3.63, 3.8) is 0 Å². The second-order valence-electron chi connectivity index (χ2n) is 4.01. The molecule has 0 radical (unpaired) electrons. The van der Waals surface area contributed by atoms with Crippen LogP contribution in [0.1, 0.15) is 19.3 Å². The smallest absolute Gasteiger partial charge is 0.726 e. The predicted octanol–water partition coefficient (Wildman–Crippen LogP) is -6.90. The molecule has 0 bridgehead atoms. The van der Waals surface area contributed by atoms with Crippen LogP contribution in [-0.2, 0) is 33.9 Å². The summed E-state index contributed by atoms with van der Waals surface area (Å²) in [5.74, 6) is 13.5. The Bertz CT molecular complexity index is 857. The molecule has 0 N–H and O–H groups in total. The van der Waals surface area contributed by atoms with Gasteiger partial charge in [0.15, 0.2) is 0 Å². The summed E-state index contributed by atoms with van der Waals surface area (Å²) in [6.45, 7) is -0.564. The molecule has 0 aromatic rings. The Kier molecular flexibility index (Phi) is 20.8.